The predicted molar refractivity (Wildman–Crippen MR) is 97.2 cm³/mol. The summed E-state index contributed by atoms with van der Waals surface area (Å²) in [6, 6.07) is 14.3. The lowest BCUT2D eigenvalue weighted by Crippen LogP contribution is -2.20. The van der Waals surface area contributed by atoms with Crippen LogP contribution < -0.4 is 15.7 Å². The van der Waals surface area contributed by atoms with Crippen LogP contribution in [0.25, 0.3) is 11.0 Å². The number of amides is 1. The van der Waals surface area contributed by atoms with Crippen LogP contribution in [0.4, 0.5) is 5.69 Å². The van der Waals surface area contributed by atoms with Crippen LogP contribution in [0, 0.1) is 6.92 Å². The molecule has 5 heteroatoms. The van der Waals surface area contributed by atoms with Crippen molar-refractivity contribution in [1.82, 2.24) is 0 Å². The first-order valence-corrected chi connectivity index (χ1v) is 8.12. The molecule has 2 aromatic carbocycles. The fourth-order valence-corrected chi connectivity index (χ4v) is 2.68. The third-order valence-electron chi connectivity index (χ3n) is 3.95. The van der Waals surface area contributed by atoms with Gasteiger partial charge in [0.15, 0.2) is 6.61 Å². The van der Waals surface area contributed by atoms with Crippen LogP contribution in [-0.2, 0) is 11.2 Å². The number of carbonyl (C=O) groups is 1. The molecule has 0 atom stereocenters. The second-order valence-corrected chi connectivity index (χ2v) is 5.76. The van der Waals surface area contributed by atoms with Crippen molar-refractivity contribution < 1.29 is 13.9 Å². The zero-order chi connectivity index (χ0) is 17.8. The van der Waals surface area contributed by atoms with Gasteiger partial charge in [-0.2, -0.15) is 0 Å². The first kappa shape index (κ1) is 16.8. The molecule has 0 aliphatic rings. The van der Waals surface area contributed by atoms with Gasteiger partial charge in [0.1, 0.15) is 11.3 Å². The van der Waals surface area contributed by atoms with E-state index in [4.69, 9.17) is 9.15 Å². The maximum atomic E-state index is 12.1. The molecule has 0 saturated heterocycles. The lowest BCUT2D eigenvalue weighted by molar-refractivity contribution is -0.118. The quantitative estimate of drug-likeness (QED) is 0.721. The van der Waals surface area contributed by atoms with Crippen molar-refractivity contribution in [1.29, 1.82) is 0 Å². The van der Waals surface area contributed by atoms with E-state index in [2.05, 4.69) is 5.32 Å². The average molecular weight is 337 g/mol. The lowest BCUT2D eigenvalue weighted by atomic mass is 10.1. The van der Waals surface area contributed by atoms with Crippen LogP contribution in [0.3, 0.4) is 0 Å². The highest BCUT2D eigenvalue weighted by Crippen LogP contribution is 2.21. The molecule has 0 aliphatic heterocycles. The van der Waals surface area contributed by atoms with Crippen molar-refractivity contribution in [2.75, 3.05) is 11.9 Å². The number of para-hydroxylation sites is 1. The van der Waals surface area contributed by atoms with Gasteiger partial charge in [0.2, 0.25) is 0 Å². The van der Waals surface area contributed by atoms with Crippen LogP contribution in [0.5, 0.6) is 5.75 Å². The molecule has 0 radical (unpaired) electrons. The molecular weight excluding hydrogens is 318 g/mol. The zero-order valence-electron chi connectivity index (χ0n) is 14.2. The third-order valence-corrected chi connectivity index (χ3v) is 3.95. The SMILES string of the molecule is CCc1ccccc1OCC(=O)Nc1ccc2c(C)cc(=O)oc2c1. The number of carbonyl (C=O) groups excluding carboxylic acids is 1. The minimum atomic E-state index is -0.409. The van der Waals surface area contributed by atoms with E-state index >= 15 is 0 Å². The maximum Gasteiger partial charge on any atom is 0.336 e. The molecule has 0 unspecified atom stereocenters. The summed E-state index contributed by atoms with van der Waals surface area (Å²) >= 11 is 0. The number of nitrogens with one attached hydrogen (secondary N) is 1. The van der Waals surface area contributed by atoms with Crippen molar-refractivity contribution in [2.45, 2.75) is 20.3 Å². The molecule has 1 heterocycles. The Morgan fingerprint density at radius 1 is 1.16 bits per heavy atom. The predicted octanol–water partition coefficient (Wildman–Crippen LogP) is 3.68. The average Bonchev–Trinajstić information content (AvgIpc) is 2.59. The van der Waals surface area contributed by atoms with Crippen LogP contribution in [0.2, 0.25) is 0 Å². The summed E-state index contributed by atoms with van der Waals surface area (Å²) in [4.78, 5) is 23.6. The highest BCUT2D eigenvalue weighted by Gasteiger charge is 2.08. The summed E-state index contributed by atoms with van der Waals surface area (Å²) in [5.41, 5.74) is 2.48. The fourth-order valence-electron chi connectivity index (χ4n) is 2.68. The molecule has 1 N–H and O–H groups in total. The molecule has 3 rings (SSSR count). The van der Waals surface area contributed by atoms with Gasteiger partial charge >= 0.3 is 5.63 Å². The number of rotatable bonds is 5. The number of hydrogen-bond acceptors (Lipinski definition) is 4. The summed E-state index contributed by atoms with van der Waals surface area (Å²) in [5, 5.41) is 3.59. The van der Waals surface area contributed by atoms with Gasteiger partial charge in [0.25, 0.3) is 5.91 Å². The summed E-state index contributed by atoms with van der Waals surface area (Å²) in [6.45, 7) is 3.79. The van der Waals surface area contributed by atoms with E-state index in [0.29, 0.717) is 17.0 Å². The molecule has 0 aliphatic carbocycles. The minimum Gasteiger partial charge on any atom is -0.483 e. The fraction of sp³-hybridized carbons (Fsp3) is 0.200. The summed E-state index contributed by atoms with van der Waals surface area (Å²) in [5.74, 6) is 0.431. The molecule has 3 aromatic rings. The number of ether oxygens (including phenoxy) is 1. The van der Waals surface area contributed by atoms with Crippen molar-refractivity contribution in [3.63, 3.8) is 0 Å². The van der Waals surface area contributed by atoms with Gasteiger partial charge in [-0.1, -0.05) is 25.1 Å². The smallest absolute Gasteiger partial charge is 0.336 e. The highest BCUT2D eigenvalue weighted by atomic mass is 16.5. The van der Waals surface area contributed by atoms with Gasteiger partial charge in [0, 0.05) is 23.2 Å². The van der Waals surface area contributed by atoms with Gasteiger partial charge in [-0.3, -0.25) is 4.79 Å². The van der Waals surface area contributed by atoms with E-state index in [1.165, 1.54) is 6.07 Å². The third kappa shape index (κ3) is 3.88. The molecule has 1 aromatic heterocycles. The second-order valence-electron chi connectivity index (χ2n) is 5.76. The monoisotopic (exact) mass is 337 g/mol. The Morgan fingerprint density at radius 2 is 1.96 bits per heavy atom. The van der Waals surface area contributed by atoms with Crippen molar-refractivity contribution >= 4 is 22.6 Å². The Morgan fingerprint density at radius 3 is 2.76 bits per heavy atom. The number of fused-ring (bicyclic) bond motifs is 1. The molecule has 0 spiro atoms. The number of benzene rings is 2. The van der Waals surface area contributed by atoms with Crippen LogP contribution in [-0.4, -0.2) is 12.5 Å². The second kappa shape index (κ2) is 7.21. The van der Waals surface area contributed by atoms with E-state index < -0.39 is 5.63 Å². The molecule has 0 saturated carbocycles. The topological polar surface area (TPSA) is 68.5 Å². The number of aryl methyl sites for hydroxylation is 2. The van der Waals surface area contributed by atoms with E-state index in [-0.39, 0.29) is 12.5 Å². The molecule has 1 amide bonds. The van der Waals surface area contributed by atoms with Gasteiger partial charge in [-0.25, -0.2) is 4.79 Å². The standard InChI is InChI=1S/C20H19NO4/c1-3-14-6-4-5-7-17(14)24-12-19(22)21-15-8-9-16-13(2)10-20(23)25-18(16)11-15/h4-11H,3,12H2,1-2H3,(H,21,22). The van der Waals surface area contributed by atoms with Gasteiger partial charge in [-0.15, -0.1) is 0 Å². The van der Waals surface area contributed by atoms with E-state index in [1.807, 2.05) is 44.2 Å². The normalized spacial score (nSPS) is 10.6. The Hall–Kier alpha value is -3.08. The summed E-state index contributed by atoms with van der Waals surface area (Å²) < 4.78 is 10.8. The molecule has 5 nitrogen and oxygen atoms in total. The largest absolute Gasteiger partial charge is 0.483 e. The zero-order valence-corrected chi connectivity index (χ0v) is 14.2. The van der Waals surface area contributed by atoms with E-state index in [1.54, 1.807) is 12.1 Å². The number of anilines is 1. The molecule has 25 heavy (non-hydrogen) atoms. The first-order valence-electron chi connectivity index (χ1n) is 8.12. The molecule has 0 bridgehead atoms. The van der Waals surface area contributed by atoms with Gasteiger partial charge < -0.3 is 14.5 Å². The first-order chi connectivity index (χ1) is 12.1. The molecule has 128 valence electrons. The van der Waals surface area contributed by atoms with Crippen molar-refractivity contribution in [2.24, 2.45) is 0 Å². The van der Waals surface area contributed by atoms with Crippen LogP contribution in [0.1, 0.15) is 18.1 Å². The Kier molecular flexibility index (Phi) is 4.84. The van der Waals surface area contributed by atoms with Crippen molar-refractivity contribution in [3.05, 3.63) is 70.1 Å². The summed E-state index contributed by atoms with van der Waals surface area (Å²) in [6.07, 6.45) is 0.834. The molecular formula is C20H19NO4. The lowest BCUT2D eigenvalue weighted by Gasteiger charge is -2.11. The van der Waals surface area contributed by atoms with Gasteiger partial charge in [0.05, 0.1) is 0 Å². The number of hydrogen-bond donors (Lipinski definition) is 1. The van der Waals surface area contributed by atoms with E-state index in [9.17, 15) is 9.59 Å². The van der Waals surface area contributed by atoms with Gasteiger partial charge in [-0.05, 0) is 42.7 Å². The van der Waals surface area contributed by atoms with Crippen LogP contribution >= 0.6 is 0 Å². The Bertz CT molecular complexity index is 975. The molecule has 0 fully saturated rings. The minimum absolute atomic E-state index is 0.0905. The van der Waals surface area contributed by atoms with E-state index in [0.717, 1.165) is 22.9 Å². The summed E-state index contributed by atoms with van der Waals surface area (Å²) in [7, 11) is 0. The Balaban J connectivity index is 1.70. The highest BCUT2D eigenvalue weighted by molar-refractivity contribution is 5.94. The van der Waals surface area contributed by atoms with Crippen molar-refractivity contribution in [3.8, 4) is 5.75 Å². The van der Waals surface area contributed by atoms with Crippen LogP contribution in [0.15, 0.2) is 57.7 Å². The Labute approximate surface area is 145 Å². The maximum absolute atomic E-state index is 12.1.